The molecule has 1 aromatic rings. The molecule has 0 heterocycles. The topological polar surface area (TPSA) is 70.3 Å². The number of carbonyl (C=O) groups is 1. The van der Waals surface area contributed by atoms with Crippen LogP contribution in [0.3, 0.4) is 0 Å². The first-order valence-electron chi connectivity index (χ1n) is 5.07. The molecular weight excluding hydrogens is 206 g/mol. The van der Waals surface area contributed by atoms with Gasteiger partial charge in [0.15, 0.2) is 0 Å². The van der Waals surface area contributed by atoms with Gasteiger partial charge in [0, 0.05) is 0 Å². The van der Waals surface area contributed by atoms with Crippen molar-refractivity contribution in [1.82, 2.24) is 0 Å². The zero-order valence-electron chi connectivity index (χ0n) is 9.28. The van der Waals surface area contributed by atoms with Gasteiger partial charge in [0.2, 0.25) is 0 Å². The maximum Gasteiger partial charge on any atom is 0.343 e. The van der Waals surface area contributed by atoms with Crippen molar-refractivity contribution in [2.45, 2.75) is 20.3 Å². The van der Waals surface area contributed by atoms with Crippen LogP contribution < -0.4 is 0 Å². The van der Waals surface area contributed by atoms with Crippen LogP contribution in [0.2, 0.25) is 0 Å². The van der Waals surface area contributed by atoms with Crippen LogP contribution in [0.5, 0.6) is 5.75 Å². The van der Waals surface area contributed by atoms with E-state index in [0.717, 1.165) is 0 Å². The highest BCUT2D eigenvalue weighted by molar-refractivity contribution is 5.95. The van der Waals surface area contributed by atoms with E-state index in [2.05, 4.69) is 0 Å². The summed E-state index contributed by atoms with van der Waals surface area (Å²) < 4.78 is 4.80. The molecule has 0 unspecified atom stereocenters. The summed E-state index contributed by atoms with van der Waals surface area (Å²) in [4.78, 5) is 11.6. The molecule has 84 valence electrons. The molecule has 0 aliphatic heterocycles. The van der Waals surface area contributed by atoms with Crippen molar-refractivity contribution in [3.8, 4) is 11.8 Å². The molecule has 0 atom stereocenters. The molecule has 4 heteroatoms. The number of rotatable bonds is 3. The smallest absolute Gasteiger partial charge is 0.343 e. The van der Waals surface area contributed by atoms with Crippen molar-refractivity contribution in [3.63, 3.8) is 0 Å². The van der Waals surface area contributed by atoms with E-state index < -0.39 is 5.97 Å². The number of nitriles is 1. The van der Waals surface area contributed by atoms with Crippen LogP contribution in [0.1, 0.15) is 35.3 Å². The normalized spacial score (nSPS) is 9.56. The molecule has 1 N–H and O–H groups in total. The average Bonchev–Trinajstić information content (AvgIpc) is 2.28. The number of benzene rings is 1. The summed E-state index contributed by atoms with van der Waals surface area (Å²) in [6, 6.07) is 5.02. The summed E-state index contributed by atoms with van der Waals surface area (Å²) in [7, 11) is 0. The van der Waals surface area contributed by atoms with E-state index >= 15 is 0 Å². The molecule has 0 aliphatic carbocycles. The SMILES string of the molecule is CCOC(=O)c1c(C#N)ccc(CC)c1O. The lowest BCUT2D eigenvalue weighted by molar-refractivity contribution is 0.0522. The molecule has 0 saturated carbocycles. The number of carbonyl (C=O) groups excluding carboxylic acids is 1. The van der Waals surface area contributed by atoms with Crippen LogP contribution in [-0.2, 0) is 11.2 Å². The highest BCUT2D eigenvalue weighted by Crippen LogP contribution is 2.27. The van der Waals surface area contributed by atoms with Crippen molar-refractivity contribution in [1.29, 1.82) is 5.26 Å². The van der Waals surface area contributed by atoms with Crippen molar-refractivity contribution >= 4 is 5.97 Å². The molecule has 4 nitrogen and oxygen atoms in total. The van der Waals surface area contributed by atoms with Gasteiger partial charge >= 0.3 is 5.97 Å². The number of phenols is 1. The van der Waals surface area contributed by atoms with Gasteiger partial charge in [0.1, 0.15) is 17.4 Å². The van der Waals surface area contributed by atoms with E-state index in [9.17, 15) is 9.90 Å². The largest absolute Gasteiger partial charge is 0.507 e. The minimum Gasteiger partial charge on any atom is -0.507 e. The van der Waals surface area contributed by atoms with Crippen LogP contribution in [-0.4, -0.2) is 17.7 Å². The Hall–Kier alpha value is -2.02. The van der Waals surface area contributed by atoms with Gasteiger partial charge < -0.3 is 9.84 Å². The number of ether oxygens (including phenoxy) is 1. The molecule has 0 bridgehead atoms. The monoisotopic (exact) mass is 219 g/mol. The molecule has 1 aromatic carbocycles. The average molecular weight is 219 g/mol. The minimum absolute atomic E-state index is 0.0382. The van der Waals surface area contributed by atoms with Gasteiger partial charge in [-0.05, 0) is 25.0 Å². The van der Waals surface area contributed by atoms with Crippen molar-refractivity contribution in [3.05, 3.63) is 28.8 Å². The number of hydrogen-bond donors (Lipinski definition) is 1. The van der Waals surface area contributed by atoms with Gasteiger partial charge in [0.05, 0.1) is 12.2 Å². The molecular formula is C12H13NO3. The fourth-order valence-electron chi connectivity index (χ4n) is 1.42. The predicted octanol–water partition coefficient (Wildman–Crippen LogP) is 2.00. The summed E-state index contributed by atoms with van der Waals surface area (Å²) in [5.74, 6) is -0.813. The zero-order valence-corrected chi connectivity index (χ0v) is 9.28. The number of hydrogen-bond acceptors (Lipinski definition) is 4. The lowest BCUT2D eigenvalue weighted by atomic mass is 10.0. The Labute approximate surface area is 94.1 Å². The van der Waals surface area contributed by atoms with E-state index in [1.54, 1.807) is 13.0 Å². The summed E-state index contributed by atoms with van der Waals surface area (Å²) in [6.45, 7) is 3.74. The molecule has 0 aromatic heterocycles. The van der Waals surface area contributed by atoms with Crippen molar-refractivity contribution in [2.24, 2.45) is 0 Å². The fourth-order valence-corrected chi connectivity index (χ4v) is 1.42. The number of phenolic OH excluding ortho intramolecular Hbond substituents is 1. The second-order valence-electron chi connectivity index (χ2n) is 3.18. The van der Waals surface area contributed by atoms with E-state index in [-0.39, 0.29) is 23.5 Å². The summed E-state index contributed by atoms with van der Waals surface area (Å²) in [6.07, 6.45) is 0.587. The summed E-state index contributed by atoms with van der Waals surface area (Å²) in [5, 5.41) is 18.7. The van der Waals surface area contributed by atoms with Crippen molar-refractivity contribution < 1.29 is 14.6 Å². The van der Waals surface area contributed by atoms with Crippen LogP contribution in [0.4, 0.5) is 0 Å². The van der Waals surface area contributed by atoms with E-state index in [0.29, 0.717) is 12.0 Å². The summed E-state index contributed by atoms with van der Waals surface area (Å²) >= 11 is 0. The number of aromatic hydroxyl groups is 1. The Morgan fingerprint density at radius 3 is 2.69 bits per heavy atom. The van der Waals surface area contributed by atoms with E-state index in [4.69, 9.17) is 10.00 Å². The van der Waals surface area contributed by atoms with Gasteiger partial charge in [0.25, 0.3) is 0 Å². The van der Waals surface area contributed by atoms with E-state index in [1.807, 2.05) is 13.0 Å². The van der Waals surface area contributed by atoms with Gasteiger partial charge in [-0.2, -0.15) is 5.26 Å². The van der Waals surface area contributed by atoms with Crippen LogP contribution in [0.25, 0.3) is 0 Å². The minimum atomic E-state index is -0.660. The van der Waals surface area contributed by atoms with Gasteiger partial charge in [-0.15, -0.1) is 0 Å². The predicted molar refractivity (Wildman–Crippen MR) is 58.2 cm³/mol. The van der Waals surface area contributed by atoms with E-state index in [1.165, 1.54) is 6.07 Å². The number of nitrogens with zero attached hydrogens (tertiary/aromatic N) is 1. The zero-order chi connectivity index (χ0) is 12.1. The molecule has 0 fully saturated rings. The molecule has 0 spiro atoms. The molecule has 0 aliphatic rings. The van der Waals surface area contributed by atoms with Gasteiger partial charge in [-0.25, -0.2) is 4.79 Å². The van der Waals surface area contributed by atoms with Crippen LogP contribution >= 0.6 is 0 Å². The van der Waals surface area contributed by atoms with Crippen LogP contribution in [0, 0.1) is 11.3 Å². The molecule has 0 radical (unpaired) electrons. The molecule has 0 amide bonds. The summed E-state index contributed by atoms with van der Waals surface area (Å²) in [5.41, 5.74) is 0.721. The quantitative estimate of drug-likeness (QED) is 0.789. The molecule has 16 heavy (non-hydrogen) atoms. The number of esters is 1. The third kappa shape index (κ3) is 2.14. The number of aryl methyl sites for hydroxylation is 1. The second kappa shape index (κ2) is 5.17. The highest BCUT2D eigenvalue weighted by Gasteiger charge is 2.19. The standard InChI is InChI=1S/C12H13NO3/c1-3-8-5-6-9(7-13)10(11(8)14)12(15)16-4-2/h5-6,14H,3-4H2,1-2H3. The third-order valence-corrected chi connectivity index (χ3v) is 2.24. The first-order chi connectivity index (χ1) is 7.65. The Morgan fingerprint density at radius 1 is 1.50 bits per heavy atom. The van der Waals surface area contributed by atoms with Gasteiger partial charge in [-0.3, -0.25) is 0 Å². The lowest BCUT2D eigenvalue weighted by Crippen LogP contribution is -2.08. The molecule has 1 rings (SSSR count). The lowest BCUT2D eigenvalue weighted by Gasteiger charge is -2.09. The van der Waals surface area contributed by atoms with Crippen LogP contribution in [0.15, 0.2) is 12.1 Å². The Morgan fingerprint density at radius 2 is 2.19 bits per heavy atom. The Kier molecular flexibility index (Phi) is 3.90. The second-order valence-corrected chi connectivity index (χ2v) is 3.18. The first-order valence-corrected chi connectivity index (χ1v) is 5.07. The maximum atomic E-state index is 11.6. The first kappa shape index (κ1) is 12.1. The third-order valence-electron chi connectivity index (χ3n) is 2.24. The van der Waals surface area contributed by atoms with Crippen molar-refractivity contribution in [2.75, 3.05) is 6.61 Å². The highest BCUT2D eigenvalue weighted by atomic mass is 16.5. The fraction of sp³-hybridized carbons (Fsp3) is 0.333. The van der Waals surface area contributed by atoms with Gasteiger partial charge in [-0.1, -0.05) is 13.0 Å². The maximum absolute atomic E-state index is 11.6. The molecule has 0 saturated heterocycles. The Bertz CT molecular complexity index is 446. The Balaban J connectivity index is 3.33.